The van der Waals surface area contributed by atoms with E-state index in [2.05, 4.69) is 37.9 Å². The second-order valence-electron chi connectivity index (χ2n) is 5.89. The molecular weight excluding hydrogens is 510 g/mol. The van der Waals surface area contributed by atoms with Crippen molar-refractivity contribution < 1.29 is 33.3 Å². The number of fused-ring (bicyclic) bond motifs is 3. The third kappa shape index (κ3) is 5.36. The SMILES string of the molecule is Cn1ccc2c3c(NCC(O)CO)nc(N)nc3cc(I)c21.O=C(O)C(F)(F)F. The molecule has 6 N–H and O–H groups in total. The van der Waals surface area contributed by atoms with Gasteiger partial charge in [0.15, 0.2) is 0 Å². The Balaban J connectivity index is 0.000000370. The zero-order valence-electron chi connectivity index (χ0n) is 14.9. The Labute approximate surface area is 175 Å². The number of carboxylic acids is 1. The normalized spacial score (nSPS) is 12.5. The van der Waals surface area contributed by atoms with E-state index in [0.29, 0.717) is 5.82 Å². The van der Waals surface area contributed by atoms with E-state index in [0.717, 1.165) is 25.4 Å². The number of aliphatic hydroxyl groups excluding tert-OH is 2. The maximum Gasteiger partial charge on any atom is 0.490 e. The quantitative estimate of drug-likeness (QED) is 0.323. The van der Waals surface area contributed by atoms with Gasteiger partial charge in [0.1, 0.15) is 5.82 Å². The van der Waals surface area contributed by atoms with Crippen LogP contribution in [-0.2, 0) is 11.8 Å². The molecule has 13 heteroatoms. The Morgan fingerprint density at radius 2 is 2.03 bits per heavy atom. The summed E-state index contributed by atoms with van der Waals surface area (Å²) < 4.78 is 34.9. The van der Waals surface area contributed by atoms with Gasteiger partial charge in [0, 0.05) is 28.7 Å². The fraction of sp³-hybridized carbons (Fsp3) is 0.312. The van der Waals surface area contributed by atoms with E-state index in [4.69, 9.17) is 20.7 Å². The largest absolute Gasteiger partial charge is 0.490 e. The molecule has 2 heterocycles. The van der Waals surface area contributed by atoms with E-state index >= 15 is 0 Å². The van der Waals surface area contributed by atoms with Crippen molar-refractivity contribution in [3.8, 4) is 0 Å². The lowest BCUT2D eigenvalue weighted by Gasteiger charge is -2.13. The smallest absolute Gasteiger partial charge is 0.475 e. The van der Waals surface area contributed by atoms with Gasteiger partial charge >= 0.3 is 12.1 Å². The number of carboxylic acid groups (broad SMARTS) is 1. The van der Waals surface area contributed by atoms with Crippen LogP contribution in [0.5, 0.6) is 0 Å². The number of nitrogens with two attached hydrogens (primary N) is 1. The highest BCUT2D eigenvalue weighted by molar-refractivity contribution is 14.1. The third-order valence-electron chi connectivity index (χ3n) is 3.74. The molecule has 1 atom stereocenters. The zero-order chi connectivity index (χ0) is 21.9. The van der Waals surface area contributed by atoms with Crippen molar-refractivity contribution in [3.05, 3.63) is 21.9 Å². The van der Waals surface area contributed by atoms with Gasteiger partial charge in [-0.1, -0.05) is 0 Å². The number of benzene rings is 1. The second-order valence-corrected chi connectivity index (χ2v) is 7.05. The van der Waals surface area contributed by atoms with Gasteiger partial charge < -0.3 is 30.9 Å². The van der Waals surface area contributed by atoms with Crippen LogP contribution in [0.15, 0.2) is 18.3 Å². The number of carbonyl (C=O) groups is 1. The first-order chi connectivity index (χ1) is 13.5. The number of nitrogens with zero attached hydrogens (tertiary/aromatic N) is 3. The van der Waals surface area contributed by atoms with Crippen LogP contribution in [0.4, 0.5) is 24.9 Å². The number of nitrogen functional groups attached to an aromatic ring is 1. The van der Waals surface area contributed by atoms with E-state index in [1.807, 2.05) is 29.9 Å². The average Bonchev–Trinajstić information content (AvgIpc) is 3.01. The Morgan fingerprint density at radius 1 is 1.41 bits per heavy atom. The highest BCUT2D eigenvalue weighted by Gasteiger charge is 2.38. The van der Waals surface area contributed by atoms with E-state index < -0.39 is 18.2 Å². The van der Waals surface area contributed by atoms with Crippen molar-refractivity contribution in [3.63, 3.8) is 0 Å². The molecule has 0 spiro atoms. The summed E-state index contributed by atoms with van der Waals surface area (Å²) in [5.41, 5.74) is 7.62. The van der Waals surface area contributed by atoms with Crippen molar-refractivity contribution in [1.29, 1.82) is 0 Å². The Bertz CT molecular complexity index is 1040. The molecule has 0 aliphatic heterocycles. The molecule has 0 fully saturated rings. The standard InChI is InChI=1S/C14H16IN5O2.C2HF3O2/c1-20-3-2-8-11-10(4-9(15)12(8)20)18-14(16)19-13(11)17-5-7(22)6-21;3-2(4,5)1(6)7/h2-4,7,21-22H,5-6H2,1H3,(H3,16,17,18,19);(H,6,7). The van der Waals surface area contributed by atoms with Crippen LogP contribution in [-0.4, -0.2) is 61.3 Å². The van der Waals surface area contributed by atoms with E-state index in [1.165, 1.54) is 0 Å². The number of aliphatic hydroxyl groups is 2. The van der Waals surface area contributed by atoms with Crippen LogP contribution < -0.4 is 11.1 Å². The molecule has 0 amide bonds. The maximum absolute atomic E-state index is 10.6. The number of hydrogen-bond acceptors (Lipinski definition) is 7. The van der Waals surface area contributed by atoms with E-state index in [-0.39, 0.29) is 19.1 Å². The summed E-state index contributed by atoms with van der Waals surface area (Å²) in [5.74, 6) is -2.03. The molecule has 0 bridgehead atoms. The summed E-state index contributed by atoms with van der Waals surface area (Å²) in [7, 11) is 1.98. The highest BCUT2D eigenvalue weighted by Crippen LogP contribution is 2.33. The zero-order valence-corrected chi connectivity index (χ0v) is 17.1. The molecule has 1 aromatic carbocycles. The lowest BCUT2D eigenvalue weighted by Crippen LogP contribution is -2.23. The van der Waals surface area contributed by atoms with Crippen LogP contribution in [0.2, 0.25) is 0 Å². The molecule has 9 nitrogen and oxygen atoms in total. The summed E-state index contributed by atoms with van der Waals surface area (Å²) in [6, 6.07) is 3.97. The van der Waals surface area contributed by atoms with Crippen LogP contribution >= 0.6 is 22.6 Å². The van der Waals surface area contributed by atoms with E-state index in [1.54, 1.807) is 0 Å². The maximum atomic E-state index is 10.6. The van der Waals surface area contributed by atoms with Gasteiger partial charge in [-0.05, 0) is 34.7 Å². The number of hydrogen-bond donors (Lipinski definition) is 5. The number of rotatable bonds is 4. The van der Waals surface area contributed by atoms with Crippen molar-refractivity contribution in [2.45, 2.75) is 12.3 Å². The monoisotopic (exact) mass is 527 g/mol. The first-order valence-electron chi connectivity index (χ1n) is 7.99. The minimum atomic E-state index is -5.08. The average molecular weight is 527 g/mol. The third-order valence-corrected chi connectivity index (χ3v) is 4.57. The van der Waals surface area contributed by atoms with Gasteiger partial charge in [0.2, 0.25) is 5.95 Å². The first-order valence-corrected chi connectivity index (χ1v) is 9.07. The minimum Gasteiger partial charge on any atom is -0.475 e. The number of aliphatic carboxylic acids is 1. The number of anilines is 2. The summed E-state index contributed by atoms with van der Waals surface area (Å²) in [6.45, 7) is -0.132. The number of aromatic nitrogens is 3. The predicted molar refractivity (Wildman–Crippen MR) is 108 cm³/mol. The summed E-state index contributed by atoms with van der Waals surface area (Å²) in [5, 5.41) is 30.5. The summed E-state index contributed by atoms with van der Waals surface area (Å²) in [4.78, 5) is 17.4. The molecule has 158 valence electrons. The topological polar surface area (TPSA) is 147 Å². The fourth-order valence-corrected chi connectivity index (χ4v) is 3.46. The van der Waals surface area contributed by atoms with Gasteiger partial charge in [-0.2, -0.15) is 18.2 Å². The molecule has 3 rings (SSSR count). The highest BCUT2D eigenvalue weighted by atomic mass is 127. The molecule has 1 unspecified atom stereocenters. The van der Waals surface area contributed by atoms with Crippen molar-refractivity contribution in [1.82, 2.24) is 14.5 Å². The predicted octanol–water partition coefficient (Wildman–Crippen LogP) is 1.71. The number of alkyl halides is 3. The Morgan fingerprint density at radius 3 is 2.59 bits per heavy atom. The lowest BCUT2D eigenvalue weighted by atomic mass is 10.1. The molecule has 0 saturated carbocycles. The van der Waals surface area contributed by atoms with Crippen LogP contribution in [0.3, 0.4) is 0 Å². The van der Waals surface area contributed by atoms with Gasteiger partial charge in [-0.3, -0.25) is 0 Å². The number of halogens is 4. The number of aryl methyl sites for hydroxylation is 1. The first kappa shape index (κ1) is 22.9. The molecule has 0 saturated heterocycles. The Hall–Kier alpha value is -2.39. The minimum absolute atomic E-state index is 0.166. The lowest BCUT2D eigenvalue weighted by molar-refractivity contribution is -0.192. The Kier molecular flexibility index (Phi) is 7.07. The van der Waals surface area contributed by atoms with Crippen molar-refractivity contribution in [2.24, 2.45) is 7.05 Å². The van der Waals surface area contributed by atoms with E-state index in [9.17, 15) is 18.3 Å². The van der Waals surface area contributed by atoms with Crippen molar-refractivity contribution in [2.75, 3.05) is 24.2 Å². The molecule has 0 aliphatic carbocycles. The molecule has 0 aliphatic rings. The molecule has 2 aromatic heterocycles. The van der Waals surface area contributed by atoms with Gasteiger partial charge in [0.25, 0.3) is 0 Å². The van der Waals surface area contributed by atoms with Crippen molar-refractivity contribution >= 4 is 62.1 Å². The van der Waals surface area contributed by atoms with Gasteiger partial charge in [0.05, 0.1) is 29.1 Å². The molecule has 29 heavy (non-hydrogen) atoms. The van der Waals surface area contributed by atoms with Crippen LogP contribution in [0, 0.1) is 3.57 Å². The fourth-order valence-electron chi connectivity index (χ4n) is 2.49. The van der Waals surface area contributed by atoms with Crippen LogP contribution in [0.1, 0.15) is 0 Å². The number of nitrogens with one attached hydrogen (secondary N) is 1. The summed E-state index contributed by atoms with van der Waals surface area (Å²) in [6.07, 6.45) is -3.96. The summed E-state index contributed by atoms with van der Waals surface area (Å²) >= 11 is 2.27. The van der Waals surface area contributed by atoms with Crippen LogP contribution in [0.25, 0.3) is 21.8 Å². The second kappa shape index (κ2) is 8.96. The van der Waals surface area contributed by atoms with Gasteiger partial charge in [-0.25, -0.2) is 9.78 Å². The van der Waals surface area contributed by atoms with Gasteiger partial charge in [-0.15, -0.1) is 0 Å². The molecule has 3 aromatic rings. The molecule has 0 radical (unpaired) electrons. The molecular formula is C16H17F3IN5O4.